The van der Waals surface area contributed by atoms with Gasteiger partial charge in [0, 0.05) is 11.8 Å². The van der Waals surface area contributed by atoms with Crippen LogP contribution in [0.5, 0.6) is 0 Å². The summed E-state index contributed by atoms with van der Waals surface area (Å²) in [7, 11) is 0. The van der Waals surface area contributed by atoms with E-state index in [2.05, 4.69) is 25.5 Å². The Morgan fingerprint density at radius 1 is 1.24 bits per heavy atom. The number of H-pyrrole nitrogens is 1. The molecule has 0 bridgehead atoms. The Labute approximate surface area is 126 Å². The van der Waals surface area contributed by atoms with Crippen LogP contribution in [0.15, 0.2) is 30.5 Å². The van der Waals surface area contributed by atoms with Gasteiger partial charge in [-0.25, -0.2) is 4.39 Å². The lowest BCUT2D eigenvalue weighted by Gasteiger charge is -2.00. The average Bonchev–Trinajstić information content (AvgIpc) is 3.15. The number of fused-ring (bicyclic) bond motifs is 1. The summed E-state index contributed by atoms with van der Waals surface area (Å²) in [6.45, 7) is 0. The van der Waals surface area contributed by atoms with Crippen LogP contribution in [0.1, 0.15) is 0 Å². The Balaban J connectivity index is 1.92. The van der Waals surface area contributed by atoms with Crippen molar-refractivity contribution >= 4 is 27.9 Å². The van der Waals surface area contributed by atoms with E-state index in [0.29, 0.717) is 26.4 Å². The molecule has 0 aliphatic carbocycles. The second kappa shape index (κ2) is 4.61. The maximum absolute atomic E-state index is 13.4. The van der Waals surface area contributed by atoms with Gasteiger partial charge in [-0.1, -0.05) is 22.9 Å². The zero-order valence-corrected chi connectivity index (χ0v) is 11.9. The maximum atomic E-state index is 13.4. The third kappa shape index (κ3) is 1.99. The number of nitrogens with zero attached hydrogens (tertiary/aromatic N) is 5. The summed E-state index contributed by atoms with van der Waals surface area (Å²) in [6.07, 6.45) is 1.64. The number of aromatic nitrogens is 6. The monoisotopic (exact) mass is 320 g/mol. The van der Waals surface area contributed by atoms with Crippen LogP contribution in [0.3, 0.4) is 0 Å². The van der Waals surface area contributed by atoms with Crippen LogP contribution in [0, 0.1) is 5.82 Å². The summed E-state index contributed by atoms with van der Waals surface area (Å²) >= 11 is 7.46. The number of benzene rings is 1. The van der Waals surface area contributed by atoms with E-state index in [-0.39, 0.29) is 0 Å². The third-order valence-corrected chi connectivity index (χ3v) is 4.15. The van der Waals surface area contributed by atoms with Gasteiger partial charge in [-0.05, 0) is 24.3 Å². The summed E-state index contributed by atoms with van der Waals surface area (Å²) in [4.78, 5) is 0.593. The van der Waals surface area contributed by atoms with E-state index in [1.54, 1.807) is 16.8 Å². The van der Waals surface area contributed by atoms with Crippen molar-refractivity contribution in [2.24, 2.45) is 0 Å². The Bertz CT molecular complexity index is 929. The number of aromatic amines is 1. The standard InChI is InChI=1S/C12H6ClFN6S/c13-8-2-1-6(14)5-7(8)10-17-18-12-20(10)19-11(21-12)9-3-4-15-16-9/h1-5H,(H,15,16). The van der Waals surface area contributed by atoms with Gasteiger partial charge in [-0.2, -0.15) is 14.7 Å². The molecule has 0 unspecified atom stereocenters. The predicted octanol–water partition coefficient (Wildman–Crippen LogP) is 3.04. The van der Waals surface area contributed by atoms with Gasteiger partial charge in [0.15, 0.2) is 10.8 Å². The van der Waals surface area contributed by atoms with Gasteiger partial charge in [0.1, 0.15) is 5.82 Å². The summed E-state index contributed by atoms with van der Waals surface area (Å²) in [6, 6.07) is 5.89. The van der Waals surface area contributed by atoms with E-state index in [4.69, 9.17) is 11.6 Å². The number of rotatable bonds is 2. The van der Waals surface area contributed by atoms with Crippen molar-refractivity contribution in [3.63, 3.8) is 0 Å². The maximum Gasteiger partial charge on any atom is 0.235 e. The molecule has 0 saturated carbocycles. The molecule has 0 fully saturated rings. The van der Waals surface area contributed by atoms with Gasteiger partial charge in [0.2, 0.25) is 4.96 Å². The molecule has 0 atom stereocenters. The van der Waals surface area contributed by atoms with Crippen LogP contribution in [-0.4, -0.2) is 30.0 Å². The number of halogens is 2. The van der Waals surface area contributed by atoms with Gasteiger partial charge in [-0.15, -0.1) is 10.2 Å². The van der Waals surface area contributed by atoms with Crippen LogP contribution < -0.4 is 0 Å². The van der Waals surface area contributed by atoms with Gasteiger partial charge in [0.05, 0.1) is 10.7 Å². The number of hydrogen-bond donors (Lipinski definition) is 1. The van der Waals surface area contributed by atoms with Crippen LogP contribution in [0.4, 0.5) is 4.39 Å². The van der Waals surface area contributed by atoms with E-state index < -0.39 is 5.82 Å². The molecule has 9 heteroatoms. The van der Waals surface area contributed by atoms with E-state index >= 15 is 0 Å². The Morgan fingerprint density at radius 2 is 2.14 bits per heavy atom. The molecule has 0 aliphatic rings. The van der Waals surface area contributed by atoms with Crippen LogP contribution in [0.25, 0.3) is 27.1 Å². The molecule has 3 aromatic heterocycles. The minimum absolute atomic E-state index is 0.391. The lowest BCUT2D eigenvalue weighted by molar-refractivity contribution is 0.628. The quantitative estimate of drug-likeness (QED) is 0.616. The third-order valence-electron chi connectivity index (χ3n) is 2.89. The summed E-state index contributed by atoms with van der Waals surface area (Å²) in [5.41, 5.74) is 1.23. The molecule has 0 radical (unpaired) electrons. The highest BCUT2D eigenvalue weighted by molar-refractivity contribution is 7.19. The lowest BCUT2D eigenvalue weighted by Crippen LogP contribution is -1.92. The second-order valence-corrected chi connectivity index (χ2v) is 5.58. The fraction of sp³-hybridized carbons (Fsp3) is 0. The molecule has 4 rings (SSSR count). The van der Waals surface area contributed by atoms with Gasteiger partial charge in [-0.3, -0.25) is 5.10 Å². The molecule has 1 aromatic carbocycles. The first-order valence-electron chi connectivity index (χ1n) is 5.90. The molecule has 0 spiro atoms. The number of nitrogens with one attached hydrogen (secondary N) is 1. The van der Waals surface area contributed by atoms with Crippen LogP contribution >= 0.6 is 22.9 Å². The van der Waals surface area contributed by atoms with Crippen LogP contribution in [-0.2, 0) is 0 Å². The van der Waals surface area contributed by atoms with Crippen molar-refractivity contribution in [1.82, 2.24) is 30.0 Å². The van der Waals surface area contributed by atoms with Gasteiger partial charge in [0.25, 0.3) is 0 Å². The molecular weight excluding hydrogens is 315 g/mol. The molecular formula is C12H6ClFN6S. The summed E-state index contributed by atoms with van der Waals surface area (Å²) in [5, 5.41) is 20.3. The summed E-state index contributed by atoms with van der Waals surface area (Å²) in [5.74, 6) is 0.00619. The Kier molecular flexibility index (Phi) is 2.72. The molecule has 1 N–H and O–H groups in total. The van der Waals surface area contributed by atoms with E-state index in [0.717, 1.165) is 5.69 Å². The highest BCUT2D eigenvalue weighted by atomic mass is 35.5. The fourth-order valence-electron chi connectivity index (χ4n) is 1.94. The smallest absolute Gasteiger partial charge is 0.235 e. The van der Waals surface area contributed by atoms with E-state index in [1.165, 1.54) is 29.5 Å². The zero-order valence-electron chi connectivity index (χ0n) is 10.3. The highest BCUT2D eigenvalue weighted by Gasteiger charge is 2.17. The fourth-order valence-corrected chi connectivity index (χ4v) is 2.95. The van der Waals surface area contributed by atoms with Crippen molar-refractivity contribution in [1.29, 1.82) is 0 Å². The molecule has 104 valence electrons. The molecule has 0 amide bonds. The molecule has 4 aromatic rings. The second-order valence-electron chi connectivity index (χ2n) is 4.22. The van der Waals surface area contributed by atoms with E-state index in [1.807, 2.05) is 0 Å². The topological polar surface area (TPSA) is 71.8 Å². The van der Waals surface area contributed by atoms with Crippen molar-refractivity contribution in [3.8, 4) is 22.1 Å². The SMILES string of the molecule is Fc1ccc(Cl)c(-c2nnc3sc(-c4ccn[nH]4)nn23)c1. The minimum atomic E-state index is -0.393. The molecule has 0 aliphatic heterocycles. The summed E-state index contributed by atoms with van der Waals surface area (Å²) < 4.78 is 15.0. The van der Waals surface area contributed by atoms with Gasteiger partial charge < -0.3 is 0 Å². The minimum Gasteiger partial charge on any atom is -0.275 e. The highest BCUT2D eigenvalue weighted by Crippen LogP contribution is 2.30. The Morgan fingerprint density at radius 3 is 2.95 bits per heavy atom. The molecule has 6 nitrogen and oxygen atoms in total. The molecule has 21 heavy (non-hydrogen) atoms. The first kappa shape index (κ1) is 12.4. The average molecular weight is 321 g/mol. The lowest BCUT2D eigenvalue weighted by atomic mass is 10.2. The first-order valence-corrected chi connectivity index (χ1v) is 7.09. The van der Waals surface area contributed by atoms with Crippen LogP contribution in [0.2, 0.25) is 5.02 Å². The van der Waals surface area contributed by atoms with Crippen molar-refractivity contribution in [3.05, 3.63) is 41.3 Å². The number of hydrogen-bond acceptors (Lipinski definition) is 5. The first-order chi connectivity index (χ1) is 10.2. The van der Waals surface area contributed by atoms with Gasteiger partial charge >= 0.3 is 0 Å². The van der Waals surface area contributed by atoms with Crippen molar-refractivity contribution in [2.75, 3.05) is 0 Å². The van der Waals surface area contributed by atoms with E-state index in [9.17, 15) is 4.39 Å². The zero-order chi connectivity index (χ0) is 14.4. The molecule has 3 heterocycles. The van der Waals surface area contributed by atoms with Crippen molar-refractivity contribution in [2.45, 2.75) is 0 Å². The normalized spacial score (nSPS) is 11.3. The van der Waals surface area contributed by atoms with Crippen molar-refractivity contribution < 1.29 is 4.39 Å². The predicted molar refractivity (Wildman–Crippen MR) is 76.6 cm³/mol. The largest absolute Gasteiger partial charge is 0.275 e. The Hall–Kier alpha value is -2.32. The molecule has 0 saturated heterocycles.